The Morgan fingerprint density at radius 1 is 1.40 bits per heavy atom. The van der Waals surface area contributed by atoms with E-state index in [2.05, 4.69) is 4.74 Å². The smallest absolute Gasteiger partial charge is 0.305 e. The lowest BCUT2D eigenvalue weighted by molar-refractivity contribution is -0.141. The minimum absolute atomic E-state index is 0.174. The summed E-state index contributed by atoms with van der Waals surface area (Å²) in [5.74, 6) is -0.174. The Hall–Kier alpha value is -0.610. The first-order chi connectivity index (χ1) is 7.24. The number of hydrogen-bond acceptors (Lipinski definition) is 4. The van der Waals surface area contributed by atoms with E-state index in [0.717, 1.165) is 19.3 Å². The molecule has 2 N–H and O–H groups in total. The molecular weight excluding hydrogens is 194 g/mol. The van der Waals surface area contributed by atoms with E-state index >= 15 is 0 Å². The van der Waals surface area contributed by atoms with Crippen molar-refractivity contribution in [1.82, 2.24) is 0 Å². The Morgan fingerprint density at radius 3 is 2.80 bits per heavy atom. The normalized spacial score (nSPS) is 26.3. The summed E-state index contributed by atoms with van der Waals surface area (Å²) in [5.41, 5.74) is 5.93. The second kappa shape index (κ2) is 6.80. The second-order valence-corrected chi connectivity index (χ2v) is 4.04. The Balaban J connectivity index is 2.06. The molecule has 0 spiro atoms. The van der Waals surface area contributed by atoms with Gasteiger partial charge in [-0.3, -0.25) is 4.79 Å². The van der Waals surface area contributed by atoms with Crippen molar-refractivity contribution < 1.29 is 14.3 Å². The van der Waals surface area contributed by atoms with Gasteiger partial charge in [-0.1, -0.05) is 12.8 Å². The zero-order chi connectivity index (χ0) is 11.1. The van der Waals surface area contributed by atoms with Gasteiger partial charge in [0.05, 0.1) is 13.2 Å². The van der Waals surface area contributed by atoms with E-state index in [1.165, 1.54) is 20.0 Å². The summed E-state index contributed by atoms with van der Waals surface area (Å²) in [6.45, 7) is 0.605. The molecule has 1 rings (SSSR count). The highest BCUT2D eigenvalue weighted by Gasteiger charge is 2.21. The van der Waals surface area contributed by atoms with Gasteiger partial charge in [-0.05, 0) is 19.3 Å². The van der Waals surface area contributed by atoms with Gasteiger partial charge in [0.15, 0.2) is 0 Å². The number of hydrogen-bond donors (Lipinski definition) is 1. The van der Waals surface area contributed by atoms with Gasteiger partial charge in [0.25, 0.3) is 0 Å². The van der Waals surface area contributed by atoms with E-state index in [-0.39, 0.29) is 18.1 Å². The highest BCUT2D eigenvalue weighted by Crippen LogP contribution is 2.19. The molecule has 0 aromatic carbocycles. The molecule has 0 aromatic heterocycles. The van der Waals surface area contributed by atoms with Crippen molar-refractivity contribution in [1.29, 1.82) is 0 Å². The van der Waals surface area contributed by atoms with Crippen molar-refractivity contribution in [2.45, 2.75) is 50.7 Å². The Kier molecular flexibility index (Phi) is 5.65. The van der Waals surface area contributed by atoms with Gasteiger partial charge in [-0.25, -0.2) is 0 Å². The first kappa shape index (κ1) is 12.5. The lowest BCUT2D eigenvalue weighted by Crippen LogP contribution is -2.39. The lowest BCUT2D eigenvalue weighted by Gasteiger charge is -2.28. The molecule has 0 aliphatic heterocycles. The molecule has 1 aliphatic carbocycles. The van der Waals surface area contributed by atoms with Crippen LogP contribution in [-0.4, -0.2) is 31.8 Å². The predicted molar refractivity (Wildman–Crippen MR) is 57.4 cm³/mol. The zero-order valence-electron chi connectivity index (χ0n) is 9.41. The van der Waals surface area contributed by atoms with Gasteiger partial charge in [0.2, 0.25) is 0 Å². The molecule has 1 aliphatic rings. The maximum absolute atomic E-state index is 10.8. The Morgan fingerprint density at radius 2 is 2.13 bits per heavy atom. The molecule has 4 heteroatoms. The third-order valence-electron chi connectivity index (χ3n) is 2.84. The third-order valence-corrected chi connectivity index (χ3v) is 2.84. The average molecular weight is 215 g/mol. The van der Waals surface area contributed by atoms with Gasteiger partial charge < -0.3 is 15.2 Å². The maximum Gasteiger partial charge on any atom is 0.305 e. The van der Waals surface area contributed by atoms with Gasteiger partial charge in [-0.15, -0.1) is 0 Å². The van der Waals surface area contributed by atoms with Crippen molar-refractivity contribution in [3.8, 4) is 0 Å². The average Bonchev–Trinajstić information content (AvgIpc) is 2.26. The fraction of sp³-hybridized carbons (Fsp3) is 0.909. The van der Waals surface area contributed by atoms with Crippen LogP contribution in [0.1, 0.15) is 38.5 Å². The molecule has 0 radical (unpaired) electrons. The van der Waals surface area contributed by atoms with Gasteiger partial charge >= 0.3 is 5.97 Å². The fourth-order valence-electron chi connectivity index (χ4n) is 1.89. The summed E-state index contributed by atoms with van der Waals surface area (Å²) in [4.78, 5) is 10.8. The van der Waals surface area contributed by atoms with Crippen LogP contribution in [0.4, 0.5) is 0 Å². The van der Waals surface area contributed by atoms with Crippen LogP contribution in [0.15, 0.2) is 0 Å². The van der Waals surface area contributed by atoms with Crippen LogP contribution in [0.3, 0.4) is 0 Å². The van der Waals surface area contributed by atoms with Crippen molar-refractivity contribution in [3.05, 3.63) is 0 Å². The number of carbonyl (C=O) groups excluding carboxylic acids is 1. The number of methoxy groups -OCH3 is 1. The topological polar surface area (TPSA) is 61.5 Å². The second-order valence-electron chi connectivity index (χ2n) is 4.04. The summed E-state index contributed by atoms with van der Waals surface area (Å²) in [6, 6.07) is 0.178. The molecular formula is C11H21NO3. The number of nitrogens with two attached hydrogens (primary N) is 1. The maximum atomic E-state index is 10.8. The van der Waals surface area contributed by atoms with Crippen molar-refractivity contribution in [2.24, 2.45) is 5.73 Å². The van der Waals surface area contributed by atoms with E-state index < -0.39 is 0 Å². The minimum atomic E-state index is -0.174. The summed E-state index contributed by atoms with van der Waals surface area (Å²) in [5, 5.41) is 0. The monoisotopic (exact) mass is 215 g/mol. The molecule has 0 aromatic rings. The Labute approximate surface area is 91.1 Å². The Bertz CT molecular complexity index is 196. The third kappa shape index (κ3) is 4.62. The van der Waals surface area contributed by atoms with E-state index in [4.69, 9.17) is 10.5 Å². The first-order valence-corrected chi connectivity index (χ1v) is 5.68. The quantitative estimate of drug-likeness (QED) is 0.553. The molecule has 4 nitrogen and oxygen atoms in total. The first-order valence-electron chi connectivity index (χ1n) is 5.68. The van der Waals surface area contributed by atoms with Crippen LogP contribution in [0.5, 0.6) is 0 Å². The SMILES string of the molecule is COC(=O)CCCOC1CCCCC1N. The minimum Gasteiger partial charge on any atom is -0.469 e. The van der Waals surface area contributed by atoms with E-state index in [0.29, 0.717) is 13.0 Å². The standard InChI is InChI=1S/C11H21NO3/c1-14-11(13)7-4-8-15-10-6-3-2-5-9(10)12/h9-10H,2-8,12H2,1H3. The summed E-state index contributed by atoms with van der Waals surface area (Å²) in [7, 11) is 1.40. The lowest BCUT2D eigenvalue weighted by atomic mass is 9.93. The highest BCUT2D eigenvalue weighted by molar-refractivity contribution is 5.68. The summed E-state index contributed by atoms with van der Waals surface area (Å²) >= 11 is 0. The molecule has 0 amide bonds. The number of esters is 1. The number of ether oxygens (including phenoxy) is 2. The largest absolute Gasteiger partial charge is 0.469 e. The van der Waals surface area contributed by atoms with E-state index in [1.54, 1.807) is 0 Å². The van der Waals surface area contributed by atoms with Crippen molar-refractivity contribution in [2.75, 3.05) is 13.7 Å². The van der Waals surface area contributed by atoms with Crippen LogP contribution in [0, 0.1) is 0 Å². The van der Waals surface area contributed by atoms with Crippen molar-refractivity contribution in [3.63, 3.8) is 0 Å². The molecule has 15 heavy (non-hydrogen) atoms. The number of carbonyl (C=O) groups is 1. The molecule has 2 unspecified atom stereocenters. The molecule has 88 valence electrons. The van der Waals surface area contributed by atoms with E-state index in [9.17, 15) is 4.79 Å². The molecule has 1 saturated carbocycles. The van der Waals surface area contributed by atoms with Crippen LogP contribution in [-0.2, 0) is 14.3 Å². The fourth-order valence-corrected chi connectivity index (χ4v) is 1.89. The summed E-state index contributed by atoms with van der Waals surface area (Å²) < 4.78 is 10.2. The predicted octanol–water partition coefficient (Wildman–Crippen LogP) is 1.23. The molecule has 0 saturated heterocycles. The molecule has 2 atom stereocenters. The zero-order valence-corrected chi connectivity index (χ0v) is 9.41. The molecule has 0 bridgehead atoms. The van der Waals surface area contributed by atoms with Crippen molar-refractivity contribution >= 4 is 5.97 Å². The van der Waals surface area contributed by atoms with Crippen LogP contribution >= 0.6 is 0 Å². The number of rotatable bonds is 5. The van der Waals surface area contributed by atoms with Gasteiger partial charge in [0.1, 0.15) is 0 Å². The van der Waals surface area contributed by atoms with E-state index in [1.807, 2.05) is 0 Å². The molecule has 1 fully saturated rings. The van der Waals surface area contributed by atoms with Crippen LogP contribution < -0.4 is 5.73 Å². The van der Waals surface area contributed by atoms with Gasteiger partial charge in [0, 0.05) is 19.1 Å². The summed E-state index contributed by atoms with van der Waals surface area (Å²) in [6.07, 6.45) is 5.87. The van der Waals surface area contributed by atoms with Gasteiger partial charge in [-0.2, -0.15) is 0 Å². The molecule has 0 heterocycles. The van der Waals surface area contributed by atoms with Crippen LogP contribution in [0.2, 0.25) is 0 Å². The van der Waals surface area contributed by atoms with Crippen LogP contribution in [0.25, 0.3) is 0 Å². The highest BCUT2D eigenvalue weighted by atomic mass is 16.5.